The fraction of sp³-hybridized carbons (Fsp3) is 0.385. The van der Waals surface area contributed by atoms with Gasteiger partial charge >= 0.3 is 11.9 Å². The van der Waals surface area contributed by atoms with Crippen LogP contribution < -0.4 is 0 Å². The molecule has 0 radical (unpaired) electrons. The van der Waals surface area contributed by atoms with Crippen LogP contribution in [0.5, 0.6) is 0 Å². The molecule has 1 aliphatic rings. The molecule has 6 nitrogen and oxygen atoms in total. The van der Waals surface area contributed by atoms with Crippen molar-refractivity contribution in [2.75, 3.05) is 0 Å². The molecule has 0 N–H and O–H groups in total. The lowest BCUT2D eigenvalue weighted by atomic mass is 10.0. The fourth-order valence-corrected chi connectivity index (χ4v) is 3.49. The first-order valence-corrected chi connectivity index (χ1v) is 10.9. The Morgan fingerprint density at radius 1 is 1.00 bits per heavy atom. The Bertz CT molecular complexity index is 882. The molecule has 2 aromatic rings. The summed E-state index contributed by atoms with van der Waals surface area (Å²) >= 11 is 0. The van der Waals surface area contributed by atoms with Gasteiger partial charge in [-0.3, -0.25) is 0 Å². The van der Waals surface area contributed by atoms with E-state index < -0.39 is 36.5 Å². The number of hydrogen-bond donors (Lipinski definition) is 0. The molecular formula is C26H30O6. The number of rotatable bonds is 9. The Labute approximate surface area is 189 Å². The summed E-state index contributed by atoms with van der Waals surface area (Å²) in [5.41, 5.74) is 0.886. The first-order chi connectivity index (χ1) is 15.5. The number of carbonyl (C=O) groups is 2. The van der Waals surface area contributed by atoms with Crippen LogP contribution in [-0.4, -0.2) is 42.6 Å². The van der Waals surface area contributed by atoms with E-state index in [1.165, 1.54) is 0 Å². The molecule has 0 amide bonds. The van der Waals surface area contributed by atoms with Crippen molar-refractivity contribution in [3.05, 3.63) is 84.4 Å². The molecule has 0 saturated carbocycles. The summed E-state index contributed by atoms with van der Waals surface area (Å²) in [6.45, 7) is 7.50. The zero-order valence-electron chi connectivity index (χ0n) is 18.5. The molecule has 5 unspecified atom stereocenters. The third kappa shape index (κ3) is 6.52. The summed E-state index contributed by atoms with van der Waals surface area (Å²) in [5, 5.41) is 0. The van der Waals surface area contributed by atoms with E-state index in [9.17, 15) is 9.59 Å². The van der Waals surface area contributed by atoms with Gasteiger partial charge in [-0.1, -0.05) is 42.5 Å². The normalized spacial score (nSPS) is 23.7. The van der Waals surface area contributed by atoms with Crippen LogP contribution in [0.3, 0.4) is 0 Å². The van der Waals surface area contributed by atoms with E-state index in [-0.39, 0.29) is 12.5 Å². The second-order valence-electron chi connectivity index (χ2n) is 7.88. The minimum absolute atomic E-state index is 0.119. The highest BCUT2D eigenvalue weighted by Gasteiger charge is 2.41. The maximum atomic E-state index is 12.7. The van der Waals surface area contributed by atoms with Gasteiger partial charge < -0.3 is 18.9 Å². The van der Waals surface area contributed by atoms with E-state index in [2.05, 4.69) is 6.58 Å². The Kier molecular flexibility index (Phi) is 8.59. The van der Waals surface area contributed by atoms with Crippen molar-refractivity contribution in [1.29, 1.82) is 0 Å². The van der Waals surface area contributed by atoms with E-state index in [0.717, 1.165) is 12.8 Å². The van der Waals surface area contributed by atoms with Crippen molar-refractivity contribution in [1.82, 2.24) is 0 Å². The van der Waals surface area contributed by atoms with Crippen molar-refractivity contribution >= 4 is 11.9 Å². The quantitative estimate of drug-likeness (QED) is 0.408. The highest BCUT2D eigenvalue weighted by molar-refractivity contribution is 5.90. The van der Waals surface area contributed by atoms with E-state index in [1.807, 2.05) is 32.1 Å². The average molecular weight is 439 g/mol. The number of esters is 2. The molecular weight excluding hydrogens is 408 g/mol. The van der Waals surface area contributed by atoms with E-state index >= 15 is 0 Å². The second-order valence-corrected chi connectivity index (χ2v) is 7.88. The van der Waals surface area contributed by atoms with Gasteiger partial charge in [0.05, 0.1) is 23.3 Å². The topological polar surface area (TPSA) is 71.1 Å². The predicted molar refractivity (Wildman–Crippen MR) is 120 cm³/mol. The molecule has 1 saturated heterocycles. The number of allylic oxidation sites excluding steroid dienone is 1. The lowest BCUT2D eigenvalue weighted by Crippen LogP contribution is -2.51. The van der Waals surface area contributed by atoms with Gasteiger partial charge in [-0.25, -0.2) is 9.59 Å². The minimum Gasteiger partial charge on any atom is -0.456 e. The van der Waals surface area contributed by atoms with Gasteiger partial charge in [-0.05, 0) is 51.0 Å². The molecule has 5 atom stereocenters. The van der Waals surface area contributed by atoms with Gasteiger partial charge in [0.15, 0.2) is 12.4 Å². The molecule has 1 fully saturated rings. The average Bonchev–Trinajstić information content (AvgIpc) is 2.81. The first-order valence-electron chi connectivity index (χ1n) is 10.9. The summed E-state index contributed by atoms with van der Waals surface area (Å²) < 4.78 is 23.6. The van der Waals surface area contributed by atoms with Gasteiger partial charge in [-0.2, -0.15) is 0 Å². The van der Waals surface area contributed by atoms with Crippen LogP contribution in [0.15, 0.2) is 73.3 Å². The van der Waals surface area contributed by atoms with Crippen LogP contribution in [0.4, 0.5) is 0 Å². The van der Waals surface area contributed by atoms with E-state index in [0.29, 0.717) is 11.1 Å². The molecule has 0 bridgehead atoms. The van der Waals surface area contributed by atoms with Crippen molar-refractivity contribution in [3.63, 3.8) is 0 Å². The smallest absolute Gasteiger partial charge is 0.338 e. The van der Waals surface area contributed by atoms with Crippen molar-refractivity contribution in [2.24, 2.45) is 0 Å². The summed E-state index contributed by atoms with van der Waals surface area (Å²) in [6, 6.07) is 17.5. The van der Waals surface area contributed by atoms with Crippen LogP contribution in [0.1, 0.15) is 53.8 Å². The Hall–Kier alpha value is -2.96. The Morgan fingerprint density at radius 3 is 2.06 bits per heavy atom. The van der Waals surface area contributed by atoms with Gasteiger partial charge in [0.25, 0.3) is 0 Å². The SMILES string of the molecule is C=CCCC(C)OC1OC(C)C(OC(=O)c2ccccc2)CC1OC(=O)c1ccccc1. The van der Waals surface area contributed by atoms with Crippen molar-refractivity contribution < 1.29 is 28.5 Å². The summed E-state index contributed by atoms with van der Waals surface area (Å²) in [4.78, 5) is 25.3. The molecule has 6 heteroatoms. The summed E-state index contributed by atoms with van der Waals surface area (Å²) in [7, 11) is 0. The van der Waals surface area contributed by atoms with Crippen LogP contribution in [0.2, 0.25) is 0 Å². The molecule has 170 valence electrons. The third-order valence-electron chi connectivity index (χ3n) is 5.32. The number of hydrogen-bond acceptors (Lipinski definition) is 6. The lowest BCUT2D eigenvalue weighted by Gasteiger charge is -2.39. The lowest BCUT2D eigenvalue weighted by molar-refractivity contribution is -0.272. The van der Waals surface area contributed by atoms with Crippen LogP contribution in [-0.2, 0) is 18.9 Å². The number of carbonyl (C=O) groups excluding carboxylic acids is 2. The summed E-state index contributed by atoms with van der Waals surface area (Å²) in [5.74, 6) is -0.924. The summed E-state index contributed by atoms with van der Waals surface area (Å²) in [6.07, 6.45) is 1.06. The molecule has 3 rings (SSSR count). The highest BCUT2D eigenvalue weighted by atomic mass is 16.7. The maximum Gasteiger partial charge on any atom is 0.338 e. The zero-order chi connectivity index (χ0) is 22.9. The highest BCUT2D eigenvalue weighted by Crippen LogP contribution is 2.28. The molecule has 0 spiro atoms. The molecule has 2 aromatic carbocycles. The first kappa shape index (κ1) is 23.7. The van der Waals surface area contributed by atoms with Gasteiger partial charge in [0, 0.05) is 6.42 Å². The Morgan fingerprint density at radius 2 is 1.53 bits per heavy atom. The number of ether oxygens (including phenoxy) is 4. The maximum absolute atomic E-state index is 12.7. The van der Waals surface area contributed by atoms with E-state index in [4.69, 9.17) is 18.9 Å². The molecule has 1 aliphatic heterocycles. The Balaban J connectivity index is 1.72. The van der Waals surface area contributed by atoms with Crippen LogP contribution in [0.25, 0.3) is 0 Å². The molecule has 32 heavy (non-hydrogen) atoms. The predicted octanol–water partition coefficient (Wildman–Crippen LogP) is 4.94. The van der Waals surface area contributed by atoms with Gasteiger partial charge in [-0.15, -0.1) is 6.58 Å². The fourth-order valence-electron chi connectivity index (χ4n) is 3.49. The number of benzene rings is 2. The molecule has 1 heterocycles. The van der Waals surface area contributed by atoms with Crippen molar-refractivity contribution in [3.8, 4) is 0 Å². The van der Waals surface area contributed by atoms with Crippen LogP contribution in [0, 0.1) is 0 Å². The van der Waals surface area contributed by atoms with E-state index in [1.54, 1.807) is 48.5 Å². The zero-order valence-corrected chi connectivity index (χ0v) is 18.5. The van der Waals surface area contributed by atoms with Gasteiger partial charge in [0.1, 0.15) is 6.10 Å². The molecule has 0 aliphatic carbocycles. The van der Waals surface area contributed by atoms with Crippen LogP contribution >= 0.6 is 0 Å². The standard InChI is InChI=1S/C26H30O6/c1-4-5-12-18(2)29-26-23(32-25(28)21-15-10-7-11-16-21)17-22(19(3)30-26)31-24(27)20-13-8-6-9-14-20/h4,6-11,13-16,18-19,22-23,26H,1,5,12,17H2,2-3H3. The minimum atomic E-state index is -0.760. The largest absolute Gasteiger partial charge is 0.456 e. The third-order valence-corrected chi connectivity index (χ3v) is 5.32. The van der Waals surface area contributed by atoms with Crippen molar-refractivity contribution in [2.45, 2.75) is 63.8 Å². The molecule has 0 aromatic heterocycles. The second kappa shape index (κ2) is 11.6. The monoisotopic (exact) mass is 438 g/mol. The van der Waals surface area contributed by atoms with Gasteiger partial charge in [0.2, 0.25) is 0 Å².